The Balaban J connectivity index is 1.64. The number of carbonyl (C=O) groups excluding carboxylic acids is 1. The van der Waals surface area contributed by atoms with E-state index < -0.39 is 0 Å². The molecule has 1 saturated heterocycles. The van der Waals surface area contributed by atoms with Crippen LogP contribution in [0.1, 0.15) is 48.8 Å². The number of carbonyl (C=O) groups is 1. The van der Waals surface area contributed by atoms with Gasteiger partial charge in [-0.25, -0.2) is 0 Å². The molecule has 1 aromatic heterocycles. The van der Waals surface area contributed by atoms with Gasteiger partial charge in [0.1, 0.15) is 5.82 Å². The molecule has 2 aromatic rings. The van der Waals surface area contributed by atoms with E-state index in [0.717, 1.165) is 37.7 Å². The van der Waals surface area contributed by atoms with Gasteiger partial charge < -0.3 is 15.1 Å². The second-order valence-corrected chi connectivity index (χ2v) is 7.44. The molecule has 1 N–H and O–H groups in total. The third kappa shape index (κ3) is 4.72. The van der Waals surface area contributed by atoms with Crippen molar-refractivity contribution < 1.29 is 4.79 Å². The molecule has 0 saturated carbocycles. The van der Waals surface area contributed by atoms with Crippen LogP contribution in [0.5, 0.6) is 0 Å². The lowest BCUT2D eigenvalue weighted by atomic mass is 10.0. The van der Waals surface area contributed by atoms with Gasteiger partial charge in [0.15, 0.2) is 0 Å². The van der Waals surface area contributed by atoms with Crippen LogP contribution in [-0.4, -0.2) is 54.1 Å². The molecule has 7 heteroatoms. The summed E-state index contributed by atoms with van der Waals surface area (Å²) in [7, 11) is 3.88. The summed E-state index contributed by atoms with van der Waals surface area (Å²) in [6.07, 6.45) is 1.75. The molecule has 7 nitrogen and oxygen atoms in total. The molecule has 27 heavy (non-hydrogen) atoms. The maximum absolute atomic E-state index is 12.3. The lowest BCUT2D eigenvalue weighted by Gasteiger charge is -2.33. The van der Waals surface area contributed by atoms with Crippen LogP contribution in [0.15, 0.2) is 30.3 Å². The van der Waals surface area contributed by atoms with Gasteiger partial charge in [0.25, 0.3) is 5.91 Å². The van der Waals surface area contributed by atoms with Crippen LogP contribution >= 0.6 is 0 Å². The Hall–Kier alpha value is -2.70. The van der Waals surface area contributed by atoms with E-state index in [1.165, 1.54) is 0 Å². The minimum Gasteiger partial charge on any atom is -0.349 e. The molecule has 3 rings (SSSR count). The van der Waals surface area contributed by atoms with Crippen LogP contribution in [0.25, 0.3) is 0 Å². The average molecular weight is 368 g/mol. The predicted molar refractivity (Wildman–Crippen MR) is 107 cm³/mol. The quantitative estimate of drug-likeness (QED) is 0.874. The van der Waals surface area contributed by atoms with E-state index >= 15 is 0 Å². The molecule has 1 aromatic carbocycles. The molecule has 0 bridgehead atoms. The highest BCUT2D eigenvalue weighted by Gasteiger charge is 2.24. The summed E-state index contributed by atoms with van der Waals surface area (Å²) >= 11 is 0. The molecule has 0 radical (unpaired) electrons. The van der Waals surface area contributed by atoms with E-state index in [-0.39, 0.29) is 17.9 Å². The predicted octanol–water partition coefficient (Wildman–Crippen LogP) is 2.46. The normalized spacial score (nSPS) is 15.1. The summed E-state index contributed by atoms with van der Waals surface area (Å²) in [6, 6.07) is 9.53. The molecule has 1 aliphatic rings. The molecule has 1 amide bonds. The van der Waals surface area contributed by atoms with E-state index in [1.807, 2.05) is 49.3 Å². The van der Waals surface area contributed by atoms with Gasteiger partial charge in [-0.1, -0.05) is 32.0 Å². The molecule has 0 unspecified atom stereocenters. The zero-order valence-corrected chi connectivity index (χ0v) is 16.5. The van der Waals surface area contributed by atoms with E-state index in [2.05, 4.69) is 39.0 Å². The number of hydrogen-bond acceptors (Lipinski definition) is 6. The Kier molecular flexibility index (Phi) is 5.88. The molecule has 0 aliphatic carbocycles. The van der Waals surface area contributed by atoms with Crippen LogP contribution in [0.4, 0.5) is 11.9 Å². The Morgan fingerprint density at radius 1 is 1.11 bits per heavy atom. The third-order valence-corrected chi connectivity index (χ3v) is 4.69. The summed E-state index contributed by atoms with van der Waals surface area (Å²) in [5.41, 5.74) is 0.703. The monoisotopic (exact) mass is 368 g/mol. The van der Waals surface area contributed by atoms with Crippen molar-refractivity contribution in [1.29, 1.82) is 0 Å². The van der Waals surface area contributed by atoms with Crippen molar-refractivity contribution >= 4 is 17.8 Å². The number of hydrogen-bond donors (Lipinski definition) is 1. The van der Waals surface area contributed by atoms with Crippen molar-refractivity contribution in [3.63, 3.8) is 0 Å². The minimum absolute atomic E-state index is 0.00815. The molecule has 144 valence electrons. The standard InChI is InChI=1S/C20H28N6O/c1-14(2)17-22-19(25(3)4)24-20(23-17)26-12-10-16(11-13-26)21-18(27)15-8-6-5-7-9-15/h5-9,14,16H,10-13H2,1-4H3,(H,21,27). The number of piperidine rings is 1. The number of amides is 1. The lowest BCUT2D eigenvalue weighted by Crippen LogP contribution is -2.45. The summed E-state index contributed by atoms with van der Waals surface area (Å²) in [6.45, 7) is 5.80. The van der Waals surface area contributed by atoms with E-state index in [4.69, 9.17) is 0 Å². The largest absolute Gasteiger partial charge is 0.349 e. The summed E-state index contributed by atoms with van der Waals surface area (Å²) in [4.78, 5) is 30.2. The lowest BCUT2D eigenvalue weighted by molar-refractivity contribution is 0.0931. The smallest absolute Gasteiger partial charge is 0.251 e. The van der Waals surface area contributed by atoms with E-state index in [1.54, 1.807) is 0 Å². The van der Waals surface area contributed by atoms with Crippen molar-refractivity contribution in [3.8, 4) is 0 Å². The number of benzene rings is 1. The maximum Gasteiger partial charge on any atom is 0.251 e. The van der Waals surface area contributed by atoms with Crippen LogP contribution < -0.4 is 15.1 Å². The molecule has 1 aliphatic heterocycles. The first kappa shape index (κ1) is 19.1. The Bertz CT molecular complexity index is 743. The van der Waals surface area contributed by atoms with Gasteiger partial charge in [-0.05, 0) is 25.0 Å². The maximum atomic E-state index is 12.3. The summed E-state index contributed by atoms with van der Waals surface area (Å²) in [5, 5.41) is 3.14. The Labute approximate surface area is 160 Å². The highest BCUT2D eigenvalue weighted by molar-refractivity contribution is 5.94. The second kappa shape index (κ2) is 8.33. The van der Waals surface area contributed by atoms with Crippen molar-refractivity contribution in [2.75, 3.05) is 37.0 Å². The van der Waals surface area contributed by atoms with Gasteiger partial charge in [-0.3, -0.25) is 4.79 Å². The number of nitrogens with one attached hydrogen (secondary N) is 1. The number of aromatic nitrogens is 3. The fourth-order valence-corrected chi connectivity index (χ4v) is 3.05. The van der Waals surface area contributed by atoms with Crippen molar-refractivity contribution in [2.24, 2.45) is 0 Å². The molecule has 2 heterocycles. The van der Waals surface area contributed by atoms with Crippen LogP contribution in [0.2, 0.25) is 0 Å². The van der Waals surface area contributed by atoms with Crippen molar-refractivity contribution in [3.05, 3.63) is 41.7 Å². The van der Waals surface area contributed by atoms with Gasteiger partial charge in [0.2, 0.25) is 11.9 Å². The fourth-order valence-electron chi connectivity index (χ4n) is 3.05. The zero-order valence-electron chi connectivity index (χ0n) is 16.5. The molecular formula is C20H28N6O. The molecule has 0 atom stereocenters. The number of rotatable bonds is 5. The minimum atomic E-state index is -0.00815. The number of anilines is 2. The topological polar surface area (TPSA) is 74.2 Å². The van der Waals surface area contributed by atoms with Gasteiger partial charge in [0, 0.05) is 44.7 Å². The van der Waals surface area contributed by atoms with E-state index in [9.17, 15) is 4.79 Å². The van der Waals surface area contributed by atoms with Crippen molar-refractivity contribution in [2.45, 2.75) is 38.6 Å². The Morgan fingerprint density at radius 3 is 2.37 bits per heavy atom. The highest BCUT2D eigenvalue weighted by Crippen LogP contribution is 2.21. The van der Waals surface area contributed by atoms with Crippen molar-refractivity contribution in [1.82, 2.24) is 20.3 Å². The number of nitrogens with zero attached hydrogens (tertiary/aromatic N) is 5. The third-order valence-electron chi connectivity index (χ3n) is 4.69. The first-order chi connectivity index (χ1) is 12.9. The average Bonchev–Trinajstić information content (AvgIpc) is 2.68. The molecule has 1 fully saturated rings. The highest BCUT2D eigenvalue weighted by atomic mass is 16.1. The van der Waals surface area contributed by atoms with Gasteiger partial charge in [-0.2, -0.15) is 15.0 Å². The van der Waals surface area contributed by atoms with Gasteiger partial charge in [0.05, 0.1) is 0 Å². The summed E-state index contributed by atoms with van der Waals surface area (Å²) in [5.74, 6) is 2.45. The Morgan fingerprint density at radius 2 is 1.78 bits per heavy atom. The molecular weight excluding hydrogens is 340 g/mol. The second-order valence-electron chi connectivity index (χ2n) is 7.44. The molecule has 0 spiro atoms. The van der Waals surface area contributed by atoms with E-state index in [0.29, 0.717) is 11.5 Å². The summed E-state index contributed by atoms with van der Waals surface area (Å²) < 4.78 is 0. The fraction of sp³-hybridized carbons (Fsp3) is 0.500. The van der Waals surface area contributed by atoms with Crippen LogP contribution in [-0.2, 0) is 0 Å². The SMILES string of the molecule is CC(C)c1nc(N(C)C)nc(N2CCC(NC(=O)c3ccccc3)CC2)n1. The zero-order chi connectivity index (χ0) is 19.4. The van der Waals surface area contributed by atoms with Gasteiger partial charge in [-0.15, -0.1) is 0 Å². The first-order valence-electron chi connectivity index (χ1n) is 9.48. The first-order valence-corrected chi connectivity index (χ1v) is 9.48. The van der Waals surface area contributed by atoms with Crippen LogP contribution in [0, 0.1) is 0 Å². The van der Waals surface area contributed by atoms with Crippen LogP contribution in [0.3, 0.4) is 0 Å². The van der Waals surface area contributed by atoms with Gasteiger partial charge >= 0.3 is 0 Å².